The van der Waals surface area contributed by atoms with Crippen molar-refractivity contribution in [3.05, 3.63) is 31.5 Å². The fraction of sp³-hybridized carbons (Fsp3) is 0.429. The molecule has 3 aromatic heterocycles. The molecule has 4 heterocycles. The molecule has 1 aliphatic heterocycles. The predicted molar refractivity (Wildman–Crippen MR) is 91.9 cm³/mol. The minimum atomic E-state index is 0.0904. The minimum Gasteiger partial charge on any atom is -0.492 e. The van der Waals surface area contributed by atoms with E-state index in [9.17, 15) is 5.11 Å². The number of likely N-dealkylation sites (tertiary alicyclic amines) is 1. The molecule has 0 radical (unpaired) electrons. The van der Waals surface area contributed by atoms with E-state index in [-0.39, 0.29) is 11.9 Å². The lowest BCUT2D eigenvalue weighted by Gasteiger charge is -2.25. The van der Waals surface area contributed by atoms with Gasteiger partial charge in [0.25, 0.3) is 0 Å². The smallest absolute Gasteiger partial charge is 0.230 e. The summed E-state index contributed by atoms with van der Waals surface area (Å²) < 4.78 is 2.67. The highest BCUT2D eigenvalue weighted by atomic mass is 79.9. The Balaban J connectivity index is 1.84. The fourth-order valence-corrected chi connectivity index (χ4v) is 5.77. The summed E-state index contributed by atoms with van der Waals surface area (Å²) in [6.45, 7) is 3.96. The van der Waals surface area contributed by atoms with E-state index >= 15 is 0 Å². The number of aromatic hydroxyl groups is 1. The third-order valence-corrected chi connectivity index (χ3v) is 6.67. The lowest BCUT2D eigenvalue weighted by atomic mass is 10.2. The van der Waals surface area contributed by atoms with Crippen LogP contribution in [0.2, 0.25) is 0 Å². The number of rotatable bonds is 3. The zero-order valence-corrected chi connectivity index (χ0v) is 15.2. The largest absolute Gasteiger partial charge is 0.492 e. The number of aromatic nitrogens is 3. The second-order valence-corrected chi connectivity index (χ2v) is 8.93. The van der Waals surface area contributed by atoms with Crippen molar-refractivity contribution >= 4 is 43.6 Å². The van der Waals surface area contributed by atoms with Crippen molar-refractivity contribution in [2.24, 2.45) is 0 Å². The average Bonchev–Trinajstić information content (AvgIpc) is 3.22. The molecular weight excluding hydrogens is 384 g/mol. The van der Waals surface area contributed by atoms with Gasteiger partial charge in [0.05, 0.1) is 14.7 Å². The number of thiophene rings is 1. The molecule has 1 saturated heterocycles. The van der Waals surface area contributed by atoms with Crippen LogP contribution < -0.4 is 0 Å². The van der Waals surface area contributed by atoms with Crippen LogP contribution in [0.1, 0.15) is 34.5 Å². The van der Waals surface area contributed by atoms with Crippen LogP contribution >= 0.6 is 38.6 Å². The van der Waals surface area contributed by atoms with Gasteiger partial charge in [-0.05, 0) is 60.9 Å². The summed E-state index contributed by atoms with van der Waals surface area (Å²) in [4.78, 5) is 9.76. The number of halogens is 1. The summed E-state index contributed by atoms with van der Waals surface area (Å²) >= 11 is 6.80. The molecule has 8 heteroatoms. The van der Waals surface area contributed by atoms with Crippen LogP contribution in [0, 0.1) is 6.92 Å². The summed E-state index contributed by atoms with van der Waals surface area (Å²) in [7, 11) is 0. The maximum atomic E-state index is 10.6. The Hall–Kier alpha value is -0.960. The molecule has 0 amide bonds. The van der Waals surface area contributed by atoms with Crippen LogP contribution in [0.5, 0.6) is 5.88 Å². The topological polar surface area (TPSA) is 53.7 Å². The molecule has 1 fully saturated rings. The molecule has 5 nitrogen and oxygen atoms in total. The van der Waals surface area contributed by atoms with Gasteiger partial charge in [0.2, 0.25) is 10.8 Å². The summed E-state index contributed by atoms with van der Waals surface area (Å²) in [6.07, 6.45) is 2.42. The number of nitrogens with zero attached hydrogens (tertiary/aromatic N) is 4. The van der Waals surface area contributed by atoms with Crippen LogP contribution in [0.4, 0.5) is 0 Å². The first-order valence-electron chi connectivity index (χ1n) is 7.18. The zero-order valence-electron chi connectivity index (χ0n) is 12.0. The van der Waals surface area contributed by atoms with Crippen LogP contribution in [0.3, 0.4) is 0 Å². The maximum Gasteiger partial charge on any atom is 0.230 e. The van der Waals surface area contributed by atoms with Crippen molar-refractivity contribution in [1.29, 1.82) is 0 Å². The van der Waals surface area contributed by atoms with E-state index < -0.39 is 0 Å². The molecule has 1 atom stereocenters. The first kappa shape index (κ1) is 14.6. The molecule has 0 aromatic carbocycles. The van der Waals surface area contributed by atoms with Crippen LogP contribution in [0.25, 0.3) is 4.96 Å². The second-order valence-electron chi connectivity index (χ2n) is 5.43. The molecule has 0 unspecified atom stereocenters. The Morgan fingerprint density at radius 2 is 2.05 bits per heavy atom. The Labute approximate surface area is 144 Å². The van der Waals surface area contributed by atoms with E-state index in [1.54, 1.807) is 15.9 Å². The third-order valence-electron chi connectivity index (χ3n) is 3.92. The third kappa shape index (κ3) is 2.38. The average molecular weight is 399 g/mol. The van der Waals surface area contributed by atoms with Crippen molar-refractivity contribution in [2.75, 3.05) is 13.1 Å². The van der Waals surface area contributed by atoms with E-state index in [4.69, 9.17) is 0 Å². The van der Waals surface area contributed by atoms with Crippen molar-refractivity contribution in [1.82, 2.24) is 19.5 Å². The summed E-state index contributed by atoms with van der Waals surface area (Å²) in [5.74, 6) is 0.909. The van der Waals surface area contributed by atoms with Gasteiger partial charge in [-0.15, -0.1) is 16.4 Å². The van der Waals surface area contributed by atoms with Gasteiger partial charge in [0, 0.05) is 4.88 Å². The standard InChI is InChI=1S/C14H15BrN4OS2/c1-8-16-14-19(17-8)13(20)12(22-14)11(18-6-2-3-7-18)9-4-5-10(15)21-9/h4-5,11,20H,2-3,6-7H2,1H3/t11-/m0/s1. The molecule has 22 heavy (non-hydrogen) atoms. The highest BCUT2D eigenvalue weighted by molar-refractivity contribution is 9.11. The zero-order chi connectivity index (χ0) is 15.3. The van der Waals surface area contributed by atoms with Crippen LogP contribution in [-0.4, -0.2) is 37.7 Å². The molecule has 0 bridgehead atoms. The van der Waals surface area contributed by atoms with Gasteiger partial charge < -0.3 is 5.11 Å². The quantitative estimate of drug-likeness (QED) is 0.728. The predicted octanol–water partition coefficient (Wildman–Crippen LogP) is 3.81. The lowest BCUT2D eigenvalue weighted by molar-refractivity contribution is 0.280. The second kappa shape index (κ2) is 5.59. The Kier molecular flexibility index (Phi) is 3.72. The minimum absolute atomic E-state index is 0.0904. The molecule has 1 aliphatic rings. The van der Waals surface area contributed by atoms with Gasteiger partial charge in [-0.1, -0.05) is 11.3 Å². The van der Waals surface area contributed by atoms with Gasteiger partial charge in [0.15, 0.2) is 0 Å². The first-order chi connectivity index (χ1) is 10.6. The van der Waals surface area contributed by atoms with Gasteiger partial charge in [-0.2, -0.15) is 4.52 Å². The molecule has 116 valence electrons. The normalized spacial score (nSPS) is 17.5. The molecule has 0 saturated carbocycles. The Bertz CT molecular complexity index is 818. The number of thiazole rings is 1. The van der Waals surface area contributed by atoms with Crippen LogP contribution in [-0.2, 0) is 0 Å². The molecule has 4 rings (SSSR count). The number of aryl methyl sites for hydroxylation is 1. The monoisotopic (exact) mass is 398 g/mol. The van der Waals surface area contributed by atoms with Gasteiger partial charge in [0.1, 0.15) is 5.82 Å². The van der Waals surface area contributed by atoms with E-state index in [0.717, 1.165) is 26.7 Å². The number of fused-ring (bicyclic) bond motifs is 1. The highest BCUT2D eigenvalue weighted by Gasteiger charge is 2.31. The van der Waals surface area contributed by atoms with Crippen molar-refractivity contribution in [3.8, 4) is 5.88 Å². The number of hydrogen-bond donors (Lipinski definition) is 1. The fourth-order valence-electron chi connectivity index (χ4n) is 2.98. The van der Waals surface area contributed by atoms with Gasteiger partial charge in [-0.3, -0.25) is 4.90 Å². The SMILES string of the molecule is Cc1nc2sc([C@H](c3ccc(Br)s3)N3CCCC3)c(O)n2n1. The lowest BCUT2D eigenvalue weighted by Crippen LogP contribution is -2.25. The molecule has 1 N–H and O–H groups in total. The first-order valence-corrected chi connectivity index (χ1v) is 9.60. The summed E-state index contributed by atoms with van der Waals surface area (Å²) in [6, 6.07) is 4.30. The van der Waals surface area contributed by atoms with E-state index in [1.165, 1.54) is 29.1 Å². The maximum absolute atomic E-state index is 10.6. The highest BCUT2D eigenvalue weighted by Crippen LogP contribution is 2.43. The van der Waals surface area contributed by atoms with Crippen molar-refractivity contribution in [3.63, 3.8) is 0 Å². The molecule has 3 aromatic rings. The summed E-state index contributed by atoms with van der Waals surface area (Å²) in [5, 5.41) is 14.9. The van der Waals surface area contributed by atoms with Gasteiger partial charge in [-0.25, -0.2) is 4.98 Å². The van der Waals surface area contributed by atoms with Gasteiger partial charge >= 0.3 is 0 Å². The Morgan fingerprint density at radius 1 is 1.27 bits per heavy atom. The van der Waals surface area contributed by atoms with Crippen molar-refractivity contribution in [2.45, 2.75) is 25.8 Å². The van der Waals surface area contributed by atoms with E-state index in [1.807, 2.05) is 6.92 Å². The number of hydrogen-bond acceptors (Lipinski definition) is 6. The Morgan fingerprint density at radius 3 is 2.68 bits per heavy atom. The molecular formula is C14H15BrN4OS2. The van der Waals surface area contributed by atoms with Crippen LogP contribution in [0.15, 0.2) is 15.9 Å². The van der Waals surface area contributed by atoms with Crippen molar-refractivity contribution < 1.29 is 5.11 Å². The van der Waals surface area contributed by atoms with E-state index in [2.05, 4.69) is 43.0 Å². The molecule has 0 spiro atoms. The van der Waals surface area contributed by atoms with E-state index in [0.29, 0.717) is 5.82 Å². The summed E-state index contributed by atoms with van der Waals surface area (Å²) in [5.41, 5.74) is 0. The molecule has 0 aliphatic carbocycles.